The second kappa shape index (κ2) is 10.1. The lowest BCUT2D eigenvalue weighted by Gasteiger charge is -2.12. The summed E-state index contributed by atoms with van der Waals surface area (Å²) in [6.45, 7) is 5.73. The van der Waals surface area contributed by atoms with Gasteiger partial charge in [-0.25, -0.2) is 0 Å². The van der Waals surface area contributed by atoms with Crippen LogP contribution in [-0.4, -0.2) is 18.0 Å². The average molecular weight is 414 g/mol. The van der Waals surface area contributed by atoms with E-state index in [1.54, 1.807) is 0 Å². The molecule has 2 aromatic carbocycles. The minimum absolute atomic E-state index is 0.617. The first-order valence-corrected chi connectivity index (χ1v) is 10.1. The second-order valence-corrected chi connectivity index (χ2v) is 7.63. The smallest absolute Gasteiger partial charge is 0.138 e. The molecule has 132 valence electrons. The lowest BCUT2D eigenvalue weighted by atomic mass is 10.1. The summed E-state index contributed by atoms with van der Waals surface area (Å²) in [5.41, 5.74) is 0. The highest BCUT2D eigenvalue weighted by atomic mass is 79.9. The van der Waals surface area contributed by atoms with Crippen LogP contribution in [-0.2, 0) is 0 Å². The van der Waals surface area contributed by atoms with E-state index in [2.05, 4.69) is 29.8 Å². The van der Waals surface area contributed by atoms with E-state index in [-0.39, 0.29) is 0 Å². The molecule has 0 fully saturated rings. The van der Waals surface area contributed by atoms with Crippen molar-refractivity contribution < 1.29 is 9.47 Å². The zero-order valence-corrected chi connectivity index (χ0v) is 16.8. The summed E-state index contributed by atoms with van der Waals surface area (Å²) in [6.07, 6.45) is 5.56. The second-order valence-electron chi connectivity index (χ2n) is 5.96. The van der Waals surface area contributed by atoms with E-state index in [9.17, 15) is 0 Å². The van der Waals surface area contributed by atoms with E-state index >= 15 is 0 Å². The lowest BCUT2D eigenvalue weighted by molar-refractivity contribution is 0.305. The van der Waals surface area contributed by atoms with Gasteiger partial charge in [-0.2, -0.15) is 0 Å². The van der Waals surface area contributed by atoms with Crippen LogP contribution in [0.15, 0.2) is 30.3 Å². The van der Waals surface area contributed by atoms with Gasteiger partial charge < -0.3 is 9.47 Å². The van der Waals surface area contributed by atoms with Crippen molar-refractivity contribution in [2.45, 2.75) is 50.8 Å². The molecule has 0 bridgehead atoms. The highest BCUT2D eigenvalue weighted by Gasteiger charge is 2.08. The van der Waals surface area contributed by atoms with Gasteiger partial charge in [0.1, 0.15) is 11.5 Å². The summed E-state index contributed by atoms with van der Waals surface area (Å²) in [4.78, 5) is 0.617. The molecule has 0 aliphatic heterocycles. The Hall–Kier alpha value is -0.930. The zero-order chi connectivity index (χ0) is 17.4. The van der Waals surface area contributed by atoms with Gasteiger partial charge in [0.15, 0.2) is 0 Å². The topological polar surface area (TPSA) is 18.5 Å². The quantitative estimate of drug-likeness (QED) is 0.308. The number of unbranched alkanes of at least 4 members (excludes halogenated alkanes) is 1. The SMILES string of the molecule is CCCOc1ccc2c(Cl)c(OCCCCC(Br)CC)ccc2c1. The number of hydrogen-bond donors (Lipinski definition) is 0. The molecule has 0 saturated heterocycles. The largest absolute Gasteiger partial charge is 0.494 e. The first kappa shape index (κ1) is 19.4. The minimum atomic E-state index is 0.617. The molecule has 1 unspecified atom stereocenters. The fourth-order valence-electron chi connectivity index (χ4n) is 2.53. The molecule has 2 aromatic rings. The monoisotopic (exact) mass is 412 g/mol. The molecule has 0 aromatic heterocycles. The van der Waals surface area contributed by atoms with Crippen LogP contribution in [0.25, 0.3) is 10.8 Å². The van der Waals surface area contributed by atoms with Crippen molar-refractivity contribution in [1.29, 1.82) is 0 Å². The van der Waals surface area contributed by atoms with Crippen LogP contribution in [0.3, 0.4) is 0 Å². The minimum Gasteiger partial charge on any atom is -0.494 e. The van der Waals surface area contributed by atoms with Crippen LogP contribution >= 0.6 is 27.5 Å². The van der Waals surface area contributed by atoms with Gasteiger partial charge in [-0.3, -0.25) is 0 Å². The summed E-state index contributed by atoms with van der Waals surface area (Å²) < 4.78 is 11.6. The first-order valence-electron chi connectivity index (χ1n) is 8.77. The predicted octanol–water partition coefficient (Wildman–Crippen LogP) is 7.00. The van der Waals surface area contributed by atoms with Crippen LogP contribution < -0.4 is 9.47 Å². The van der Waals surface area contributed by atoms with E-state index in [0.717, 1.165) is 48.1 Å². The highest BCUT2D eigenvalue weighted by molar-refractivity contribution is 9.09. The van der Waals surface area contributed by atoms with Crippen LogP contribution in [0.2, 0.25) is 5.02 Å². The fourth-order valence-corrected chi connectivity index (χ4v) is 3.14. The number of halogens is 2. The number of alkyl halides is 1. The Morgan fingerprint density at radius 3 is 2.62 bits per heavy atom. The summed E-state index contributed by atoms with van der Waals surface area (Å²) in [7, 11) is 0. The van der Waals surface area contributed by atoms with Crippen molar-refractivity contribution in [2.75, 3.05) is 13.2 Å². The maximum atomic E-state index is 6.51. The summed E-state index contributed by atoms with van der Waals surface area (Å²) in [5.74, 6) is 1.65. The Morgan fingerprint density at radius 2 is 1.88 bits per heavy atom. The first-order chi connectivity index (χ1) is 11.7. The molecule has 0 radical (unpaired) electrons. The maximum absolute atomic E-state index is 6.51. The van der Waals surface area contributed by atoms with E-state index in [1.807, 2.05) is 30.3 Å². The van der Waals surface area contributed by atoms with Gasteiger partial charge in [0.05, 0.1) is 18.2 Å². The van der Waals surface area contributed by atoms with Crippen molar-refractivity contribution in [3.8, 4) is 11.5 Å². The molecule has 0 aliphatic carbocycles. The van der Waals surface area contributed by atoms with Crippen molar-refractivity contribution >= 4 is 38.3 Å². The molecule has 0 aliphatic rings. The number of benzene rings is 2. The molecule has 2 nitrogen and oxygen atoms in total. The van der Waals surface area contributed by atoms with E-state index < -0.39 is 0 Å². The molecule has 1 atom stereocenters. The summed E-state index contributed by atoms with van der Waals surface area (Å²) in [6, 6.07) is 10.00. The van der Waals surface area contributed by atoms with Crippen molar-refractivity contribution in [2.24, 2.45) is 0 Å². The van der Waals surface area contributed by atoms with Crippen molar-refractivity contribution in [3.63, 3.8) is 0 Å². The fraction of sp³-hybridized carbons (Fsp3) is 0.500. The summed E-state index contributed by atoms with van der Waals surface area (Å²) in [5, 5.41) is 2.76. The predicted molar refractivity (Wildman–Crippen MR) is 107 cm³/mol. The molecular weight excluding hydrogens is 388 g/mol. The summed E-state index contributed by atoms with van der Waals surface area (Å²) >= 11 is 10.2. The third-order valence-corrected chi connectivity index (χ3v) is 5.47. The van der Waals surface area contributed by atoms with E-state index in [1.165, 1.54) is 12.8 Å². The average Bonchev–Trinajstić information content (AvgIpc) is 2.61. The van der Waals surface area contributed by atoms with E-state index in [0.29, 0.717) is 16.5 Å². The normalized spacial score (nSPS) is 12.3. The Labute approximate surface area is 158 Å². The van der Waals surface area contributed by atoms with Crippen LogP contribution in [0.5, 0.6) is 11.5 Å². The molecule has 0 heterocycles. The number of fused-ring (bicyclic) bond motifs is 1. The molecule has 24 heavy (non-hydrogen) atoms. The maximum Gasteiger partial charge on any atom is 0.138 e. The standard InChI is InChI=1S/C20H26BrClO2/c1-3-12-23-17-9-10-18-15(14-17)8-11-19(20(18)22)24-13-6-5-7-16(21)4-2/h8-11,14,16H,3-7,12-13H2,1-2H3. The van der Waals surface area contributed by atoms with E-state index in [4.69, 9.17) is 21.1 Å². The van der Waals surface area contributed by atoms with Crippen molar-refractivity contribution in [1.82, 2.24) is 0 Å². The van der Waals surface area contributed by atoms with Gasteiger partial charge >= 0.3 is 0 Å². The van der Waals surface area contributed by atoms with Gasteiger partial charge in [0, 0.05) is 10.2 Å². The van der Waals surface area contributed by atoms with Gasteiger partial charge in [0.25, 0.3) is 0 Å². The molecule has 4 heteroatoms. The van der Waals surface area contributed by atoms with Crippen molar-refractivity contribution in [3.05, 3.63) is 35.4 Å². The zero-order valence-electron chi connectivity index (χ0n) is 14.5. The van der Waals surface area contributed by atoms with Crippen LogP contribution in [0, 0.1) is 0 Å². The molecule has 0 amide bonds. The van der Waals surface area contributed by atoms with Gasteiger partial charge in [-0.05, 0) is 61.8 Å². The van der Waals surface area contributed by atoms with Crippen LogP contribution in [0.1, 0.15) is 46.0 Å². The number of hydrogen-bond acceptors (Lipinski definition) is 2. The van der Waals surface area contributed by atoms with Gasteiger partial charge in [0.2, 0.25) is 0 Å². The highest BCUT2D eigenvalue weighted by Crippen LogP contribution is 2.34. The number of rotatable bonds is 10. The third-order valence-electron chi connectivity index (χ3n) is 3.98. The molecule has 0 saturated carbocycles. The Morgan fingerprint density at radius 1 is 1.04 bits per heavy atom. The molecular formula is C20H26BrClO2. The lowest BCUT2D eigenvalue weighted by Crippen LogP contribution is -2.01. The Bertz CT molecular complexity index is 645. The van der Waals surface area contributed by atoms with Crippen LogP contribution in [0.4, 0.5) is 0 Å². The third kappa shape index (κ3) is 5.56. The molecule has 0 spiro atoms. The van der Waals surface area contributed by atoms with Gasteiger partial charge in [-0.15, -0.1) is 0 Å². The molecule has 2 rings (SSSR count). The van der Waals surface area contributed by atoms with Gasteiger partial charge in [-0.1, -0.05) is 47.4 Å². The number of ether oxygens (including phenoxy) is 2. The molecule has 0 N–H and O–H groups in total. The Kier molecular flexibility index (Phi) is 8.20. The Balaban J connectivity index is 1.95.